The van der Waals surface area contributed by atoms with E-state index < -0.39 is 6.10 Å². The molecule has 0 saturated carbocycles. The molecule has 0 bridgehead atoms. The molecule has 0 aromatic heterocycles. The van der Waals surface area contributed by atoms with Crippen molar-refractivity contribution in [1.29, 1.82) is 0 Å². The Morgan fingerprint density at radius 2 is 2.21 bits per heavy atom. The van der Waals surface area contributed by atoms with E-state index in [9.17, 15) is 4.79 Å². The van der Waals surface area contributed by atoms with Crippen molar-refractivity contribution >= 4 is 5.91 Å². The number of nitrogens with zero attached hydrogens (tertiary/aromatic N) is 1. The minimum absolute atomic E-state index is 0.0762. The normalized spacial score (nSPS) is 20.5. The first kappa shape index (κ1) is 14.0. The van der Waals surface area contributed by atoms with Crippen LogP contribution in [0.15, 0.2) is 30.3 Å². The number of benzene rings is 1. The Bertz CT molecular complexity index is 408. The summed E-state index contributed by atoms with van der Waals surface area (Å²) in [7, 11) is 3.54. The Morgan fingerprint density at radius 3 is 2.84 bits per heavy atom. The van der Waals surface area contributed by atoms with Crippen molar-refractivity contribution in [2.45, 2.75) is 12.5 Å². The summed E-state index contributed by atoms with van der Waals surface area (Å²) < 4.78 is 5.40. The van der Waals surface area contributed by atoms with Crippen LogP contribution in [0.25, 0.3) is 0 Å². The van der Waals surface area contributed by atoms with Gasteiger partial charge in [0.2, 0.25) is 0 Å². The molecule has 1 heterocycles. The van der Waals surface area contributed by atoms with E-state index in [0.717, 1.165) is 31.6 Å². The molecule has 0 aliphatic carbocycles. The fourth-order valence-corrected chi connectivity index (χ4v) is 2.66. The van der Waals surface area contributed by atoms with Gasteiger partial charge in [-0.1, -0.05) is 30.3 Å². The molecule has 2 unspecified atom stereocenters. The van der Waals surface area contributed by atoms with Gasteiger partial charge in [-0.2, -0.15) is 0 Å². The van der Waals surface area contributed by atoms with E-state index in [1.807, 2.05) is 42.3 Å². The number of nitrogens with one attached hydrogen (secondary N) is 1. The summed E-state index contributed by atoms with van der Waals surface area (Å²) in [5.41, 5.74) is 0.923. The lowest BCUT2D eigenvalue weighted by Gasteiger charge is -2.23. The van der Waals surface area contributed by atoms with E-state index in [2.05, 4.69) is 5.32 Å². The molecular weight excluding hydrogens is 240 g/mol. The van der Waals surface area contributed by atoms with Crippen LogP contribution in [0.3, 0.4) is 0 Å². The number of hydrogen-bond acceptors (Lipinski definition) is 3. The topological polar surface area (TPSA) is 41.6 Å². The second-order valence-corrected chi connectivity index (χ2v) is 5.02. The summed E-state index contributed by atoms with van der Waals surface area (Å²) >= 11 is 0. The molecule has 1 aliphatic rings. The van der Waals surface area contributed by atoms with Crippen molar-refractivity contribution in [3.63, 3.8) is 0 Å². The van der Waals surface area contributed by atoms with Crippen LogP contribution in [-0.2, 0) is 9.53 Å². The van der Waals surface area contributed by atoms with Gasteiger partial charge in [0, 0.05) is 20.2 Å². The van der Waals surface area contributed by atoms with E-state index in [-0.39, 0.29) is 5.91 Å². The van der Waals surface area contributed by atoms with Crippen molar-refractivity contribution < 1.29 is 9.53 Å². The van der Waals surface area contributed by atoms with Gasteiger partial charge in [-0.3, -0.25) is 4.79 Å². The lowest BCUT2D eigenvalue weighted by Crippen LogP contribution is -2.35. The van der Waals surface area contributed by atoms with Gasteiger partial charge in [0.15, 0.2) is 6.10 Å². The van der Waals surface area contributed by atoms with Crippen LogP contribution in [0, 0.1) is 5.92 Å². The average molecular weight is 262 g/mol. The first-order valence-corrected chi connectivity index (χ1v) is 6.77. The highest BCUT2D eigenvalue weighted by atomic mass is 16.5. The van der Waals surface area contributed by atoms with E-state index in [0.29, 0.717) is 5.92 Å². The van der Waals surface area contributed by atoms with E-state index in [4.69, 9.17) is 4.74 Å². The molecule has 0 spiro atoms. The molecule has 1 aromatic rings. The van der Waals surface area contributed by atoms with Crippen LogP contribution in [0.1, 0.15) is 18.1 Å². The van der Waals surface area contributed by atoms with Crippen molar-refractivity contribution in [2.75, 3.05) is 33.8 Å². The standard InChI is InChI=1S/C15H22N2O2/c1-16-10-12-8-9-17(11-12)15(18)14(19-2)13-6-4-3-5-7-13/h3-7,12,14,16H,8-11H2,1-2H3. The van der Waals surface area contributed by atoms with Crippen molar-refractivity contribution in [1.82, 2.24) is 10.2 Å². The molecule has 1 saturated heterocycles. The molecule has 0 radical (unpaired) electrons. The maximum absolute atomic E-state index is 12.5. The highest BCUT2D eigenvalue weighted by molar-refractivity contribution is 5.82. The molecule has 1 amide bonds. The minimum atomic E-state index is -0.477. The van der Waals surface area contributed by atoms with Crippen molar-refractivity contribution in [2.24, 2.45) is 5.92 Å². The smallest absolute Gasteiger partial charge is 0.256 e. The van der Waals surface area contributed by atoms with E-state index >= 15 is 0 Å². The van der Waals surface area contributed by atoms with Crippen LogP contribution in [0.4, 0.5) is 0 Å². The predicted octanol–water partition coefficient (Wildman–Crippen LogP) is 1.44. The van der Waals surface area contributed by atoms with Crippen LogP contribution in [0.2, 0.25) is 0 Å². The van der Waals surface area contributed by atoms with Gasteiger partial charge in [0.1, 0.15) is 0 Å². The summed E-state index contributed by atoms with van der Waals surface area (Å²) in [6.45, 7) is 2.62. The zero-order valence-corrected chi connectivity index (χ0v) is 11.6. The molecule has 2 rings (SSSR count). The zero-order chi connectivity index (χ0) is 13.7. The Kier molecular flexibility index (Phi) is 4.93. The number of likely N-dealkylation sites (tertiary alicyclic amines) is 1. The fraction of sp³-hybridized carbons (Fsp3) is 0.533. The second-order valence-electron chi connectivity index (χ2n) is 5.02. The largest absolute Gasteiger partial charge is 0.367 e. The van der Waals surface area contributed by atoms with Crippen LogP contribution in [0.5, 0.6) is 0 Å². The van der Waals surface area contributed by atoms with Crippen LogP contribution >= 0.6 is 0 Å². The Hall–Kier alpha value is -1.39. The van der Waals surface area contributed by atoms with Crippen molar-refractivity contribution in [3.8, 4) is 0 Å². The van der Waals surface area contributed by atoms with Gasteiger partial charge in [-0.15, -0.1) is 0 Å². The maximum atomic E-state index is 12.5. The molecule has 104 valence electrons. The maximum Gasteiger partial charge on any atom is 0.256 e. The first-order chi connectivity index (χ1) is 9.26. The third-order valence-electron chi connectivity index (χ3n) is 3.65. The number of methoxy groups -OCH3 is 1. The molecule has 1 fully saturated rings. The lowest BCUT2D eigenvalue weighted by molar-refractivity contribution is -0.141. The van der Waals surface area contributed by atoms with Crippen molar-refractivity contribution in [3.05, 3.63) is 35.9 Å². The van der Waals surface area contributed by atoms with E-state index in [1.165, 1.54) is 0 Å². The molecule has 2 atom stereocenters. The molecule has 19 heavy (non-hydrogen) atoms. The highest BCUT2D eigenvalue weighted by Gasteiger charge is 2.31. The van der Waals surface area contributed by atoms with Gasteiger partial charge < -0.3 is 15.0 Å². The molecule has 1 aliphatic heterocycles. The Morgan fingerprint density at radius 1 is 1.47 bits per heavy atom. The quantitative estimate of drug-likeness (QED) is 0.873. The van der Waals surface area contributed by atoms with Crippen LogP contribution in [-0.4, -0.2) is 44.6 Å². The Balaban J connectivity index is 2.02. The van der Waals surface area contributed by atoms with Gasteiger partial charge in [-0.05, 0) is 31.5 Å². The third-order valence-corrected chi connectivity index (χ3v) is 3.65. The average Bonchev–Trinajstić information content (AvgIpc) is 2.90. The Labute approximate surface area is 114 Å². The summed E-state index contributed by atoms with van der Waals surface area (Å²) in [5, 5.41) is 3.17. The molecule has 4 heteroatoms. The third kappa shape index (κ3) is 3.33. The number of carbonyl (C=O) groups is 1. The molecule has 1 N–H and O–H groups in total. The van der Waals surface area contributed by atoms with Gasteiger partial charge in [0.05, 0.1) is 0 Å². The molecule has 1 aromatic carbocycles. The summed E-state index contributed by atoms with van der Waals surface area (Å²) in [4.78, 5) is 14.4. The summed E-state index contributed by atoms with van der Waals surface area (Å²) in [6, 6.07) is 9.69. The number of rotatable bonds is 5. The number of hydrogen-bond donors (Lipinski definition) is 1. The minimum Gasteiger partial charge on any atom is -0.367 e. The number of amides is 1. The predicted molar refractivity (Wildman–Crippen MR) is 74.8 cm³/mol. The van der Waals surface area contributed by atoms with E-state index in [1.54, 1.807) is 7.11 Å². The second kappa shape index (κ2) is 6.68. The van der Waals surface area contributed by atoms with Gasteiger partial charge in [0.25, 0.3) is 5.91 Å². The van der Waals surface area contributed by atoms with Gasteiger partial charge >= 0.3 is 0 Å². The highest BCUT2D eigenvalue weighted by Crippen LogP contribution is 2.23. The first-order valence-electron chi connectivity index (χ1n) is 6.77. The molecular formula is C15H22N2O2. The summed E-state index contributed by atoms with van der Waals surface area (Å²) in [6.07, 6.45) is 0.590. The lowest BCUT2D eigenvalue weighted by atomic mass is 10.1. The SMILES string of the molecule is CNCC1CCN(C(=O)C(OC)c2ccccc2)C1. The number of carbonyl (C=O) groups excluding carboxylic acids is 1. The fourth-order valence-electron chi connectivity index (χ4n) is 2.66. The summed E-state index contributed by atoms with van der Waals surface area (Å²) in [5.74, 6) is 0.634. The zero-order valence-electron chi connectivity index (χ0n) is 11.6. The monoisotopic (exact) mass is 262 g/mol. The molecule has 4 nitrogen and oxygen atoms in total. The number of ether oxygens (including phenoxy) is 1. The van der Waals surface area contributed by atoms with Crippen LogP contribution < -0.4 is 5.32 Å². The van der Waals surface area contributed by atoms with Gasteiger partial charge in [-0.25, -0.2) is 0 Å².